The zero-order valence-corrected chi connectivity index (χ0v) is 7.49. The second-order valence-corrected chi connectivity index (χ2v) is 3.42. The summed E-state index contributed by atoms with van der Waals surface area (Å²) in [7, 11) is 0. The third-order valence-corrected chi connectivity index (χ3v) is 2.32. The molecular weight excluding hydrogens is 191 g/mol. The third-order valence-electron chi connectivity index (χ3n) is 2.32. The van der Waals surface area contributed by atoms with Gasteiger partial charge in [0, 0.05) is 12.2 Å². The Morgan fingerprint density at radius 2 is 2.07 bits per heavy atom. The smallest absolute Gasteiger partial charge is 0.384 e. The molecule has 0 saturated carbocycles. The van der Waals surface area contributed by atoms with Crippen LogP contribution in [0.2, 0.25) is 0 Å². The van der Waals surface area contributed by atoms with Crippen molar-refractivity contribution < 1.29 is 13.2 Å². The highest BCUT2D eigenvalue weighted by molar-refractivity contribution is 5.61. The molecule has 0 aromatic heterocycles. The van der Waals surface area contributed by atoms with Gasteiger partial charge in [0.15, 0.2) is 0 Å². The summed E-state index contributed by atoms with van der Waals surface area (Å²) in [4.78, 5) is 0. The molecule has 14 heavy (non-hydrogen) atoms. The van der Waals surface area contributed by atoms with E-state index >= 15 is 0 Å². The zero-order chi connectivity index (χ0) is 10.2. The van der Waals surface area contributed by atoms with Gasteiger partial charge < -0.3 is 5.32 Å². The fourth-order valence-electron chi connectivity index (χ4n) is 1.77. The second-order valence-electron chi connectivity index (χ2n) is 3.42. The van der Waals surface area contributed by atoms with Gasteiger partial charge in [-0.3, -0.25) is 0 Å². The number of hydrogen-bond acceptors (Lipinski definition) is 1. The maximum atomic E-state index is 12.2. The van der Waals surface area contributed by atoms with Crippen LogP contribution in [0.4, 0.5) is 18.9 Å². The Morgan fingerprint density at radius 1 is 1.29 bits per heavy atom. The quantitative estimate of drug-likeness (QED) is 0.736. The zero-order valence-electron chi connectivity index (χ0n) is 7.49. The molecule has 0 bridgehead atoms. The molecule has 0 saturated heterocycles. The lowest BCUT2D eigenvalue weighted by atomic mass is 10.1. The number of hydrogen-bond donors (Lipinski definition) is 1. The molecule has 0 amide bonds. The van der Waals surface area contributed by atoms with E-state index in [4.69, 9.17) is 0 Å². The van der Waals surface area contributed by atoms with E-state index in [9.17, 15) is 13.2 Å². The molecule has 1 aliphatic rings. The van der Waals surface area contributed by atoms with Gasteiger partial charge in [0.05, 0.1) is 6.42 Å². The normalized spacial score (nSPS) is 15.1. The highest BCUT2D eigenvalue weighted by Gasteiger charge is 2.29. The summed E-state index contributed by atoms with van der Waals surface area (Å²) in [5.41, 5.74) is 2.03. The van der Waals surface area contributed by atoms with E-state index in [1.807, 2.05) is 6.07 Å². The fourth-order valence-corrected chi connectivity index (χ4v) is 1.77. The van der Waals surface area contributed by atoms with Crippen LogP contribution in [-0.4, -0.2) is 12.7 Å². The van der Waals surface area contributed by atoms with E-state index < -0.39 is 12.6 Å². The molecule has 2 rings (SSSR count). The summed E-state index contributed by atoms with van der Waals surface area (Å²) in [6.45, 7) is 0.740. The van der Waals surface area contributed by atoms with E-state index in [0.717, 1.165) is 18.5 Å². The molecule has 0 radical (unpaired) electrons. The summed E-state index contributed by atoms with van der Waals surface area (Å²) in [5.74, 6) is 0. The molecule has 1 aromatic rings. The summed E-state index contributed by atoms with van der Waals surface area (Å²) in [6, 6.07) is 5.09. The summed E-state index contributed by atoms with van der Waals surface area (Å²) in [6.07, 6.45) is -4.15. The lowest BCUT2D eigenvalue weighted by Gasteiger charge is -2.10. The molecule has 1 heterocycles. The highest BCUT2D eigenvalue weighted by Crippen LogP contribution is 2.31. The van der Waals surface area contributed by atoms with Crippen LogP contribution in [0.5, 0.6) is 0 Å². The van der Waals surface area contributed by atoms with Gasteiger partial charge in [-0.1, -0.05) is 18.2 Å². The molecule has 0 atom stereocenters. The Labute approximate surface area is 79.9 Å². The first-order valence-corrected chi connectivity index (χ1v) is 4.48. The largest absolute Gasteiger partial charge is 0.393 e. The number of halogens is 3. The van der Waals surface area contributed by atoms with Gasteiger partial charge >= 0.3 is 6.18 Å². The van der Waals surface area contributed by atoms with Crippen LogP contribution in [0.1, 0.15) is 11.1 Å². The topological polar surface area (TPSA) is 12.0 Å². The molecule has 76 valence electrons. The number of para-hydroxylation sites is 1. The molecule has 0 aliphatic carbocycles. The van der Waals surface area contributed by atoms with E-state index in [-0.39, 0.29) is 0 Å². The Hall–Kier alpha value is -1.19. The lowest BCUT2D eigenvalue weighted by Crippen LogP contribution is -2.12. The first-order valence-electron chi connectivity index (χ1n) is 4.48. The average Bonchev–Trinajstić information content (AvgIpc) is 2.49. The van der Waals surface area contributed by atoms with Crippen molar-refractivity contribution in [2.24, 2.45) is 0 Å². The van der Waals surface area contributed by atoms with Crippen molar-refractivity contribution in [1.82, 2.24) is 0 Å². The van der Waals surface area contributed by atoms with Gasteiger partial charge in [-0.15, -0.1) is 0 Å². The Kier molecular flexibility index (Phi) is 2.13. The molecular formula is C10H10F3N. The molecule has 1 N–H and O–H groups in total. The monoisotopic (exact) mass is 201 g/mol. The van der Waals surface area contributed by atoms with Crippen LogP contribution in [0.3, 0.4) is 0 Å². The SMILES string of the molecule is FC(F)(F)Cc1cccc2c1NCC2. The van der Waals surface area contributed by atoms with E-state index in [1.165, 1.54) is 6.07 Å². The number of benzene rings is 1. The predicted molar refractivity (Wildman–Crippen MR) is 48.4 cm³/mol. The van der Waals surface area contributed by atoms with E-state index in [2.05, 4.69) is 5.32 Å². The van der Waals surface area contributed by atoms with Crippen LogP contribution in [0.15, 0.2) is 18.2 Å². The predicted octanol–water partition coefficient (Wildman–Crippen LogP) is 2.76. The maximum absolute atomic E-state index is 12.2. The molecule has 0 unspecified atom stereocenters. The van der Waals surface area contributed by atoms with Crippen LogP contribution < -0.4 is 5.32 Å². The Bertz CT molecular complexity index is 344. The number of fused-ring (bicyclic) bond motifs is 1. The van der Waals surface area contributed by atoms with Gasteiger partial charge in [0.1, 0.15) is 0 Å². The van der Waals surface area contributed by atoms with Crippen LogP contribution in [0, 0.1) is 0 Å². The molecule has 0 fully saturated rings. The number of rotatable bonds is 1. The van der Waals surface area contributed by atoms with E-state index in [1.54, 1.807) is 6.07 Å². The van der Waals surface area contributed by atoms with Gasteiger partial charge in [-0.05, 0) is 17.5 Å². The Balaban J connectivity index is 2.31. The summed E-state index contributed by atoms with van der Waals surface area (Å²) >= 11 is 0. The highest BCUT2D eigenvalue weighted by atomic mass is 19.4. The Morgan fingerprint density at radius 3 is 2.79 bits per heavy atom. The molecule has 0 spiro atoms. The first kappa shape index (κ1) is 9.37. The minimum Gasteiger partial charge on any atom is -0.384 e. The van der Waals surface area contributed by atoms with Crippen molar-refractivity contribution in [3.8, 4) is 0 Å². The molecule has 1 nitrogen and oxygen atoms in total. The standard InChI is InChI=1S/C10H10F3N/c11-10(12,13)6-8-3-1-2-7-4-5-14-9(7)8/h1-3,14H,4-6H2. The number of nitrogens with one attached hydrogen (secondary N) is 1. The van der Waals surface area contributed by atoms with Gasteiger partial charge in [-0.25, -0.2) is 0 Å². The molecule has 1 aliphatic heterocycles. The van der Waals surface area contributed by atoms with E-state index in [0.29, 0.717) is 11.3 Å². The number of anilines is 1. The van der Waals surface area contributed by atoms with Crippen molar-refractivity contribution in [3.05, 3.63) is 29.3 Å². The average molecular weight is 201 g/mol. The van der Waals surface area contributed by atoms with Crippen molar-refractivity contribution in [2.75, 3.05) is 11.9 Å². The lowest BCUT2D eigenvalue weighted by molar-refractivity contribution is -0.127. The third kappa shape index (κ3) is 1.84. The number of alkyl halides is 3. The van der Waals surface area contributed by atoms with Crippen molar-refractivity contribution in [1.29, 1.82) is 0 Å². The minimum absolute atomic E-state index is 0.354. The van der Waals surface area contributed by atoms with Crippen molar-refractivity contribution in [2.45, 2.75) is 19.0 Å². The van der Waals surface area contributed by atoms with Crippen LogP contribution in [0.25, 0.3) is 0 Å². The van der Waals surface area contributed by atoms with Crippen LogP contribution in [-0.2, 0) is 12.8 Å². The minimum atomic E-state index is -4.13. The first-order chi connectivity index (χ1) is 6.56. The molecule has 1 aromatic carbocycles. The summed E-state index contributed by atoms with van der Waals surface area (Å²) in [5, 5.41) is 2.99. The van der Waals surface area contributed by atoms with Gasteiger partial charge in [0.25, 0.3) is 0 Å². The van der Waals surface area contributed by atoms with Crippen LogP contribution >= 0.6 is 0 Å². The van der Waals surface area contributed by atoms with Crippen molar-refractivity contribution >= 4 is 5.69 Å². The van der Waals surface area contributed by atoms with Gasteiger partial charge in [-0.2, -0.15) is 13.2 Å². The van der Waals surface area contributed by atoms with Crippen molar-refractivity contribution in [3.63, 3.8) is 0 Å². The molecule has 4 heteroatoms. The second kappa shape index (κ2) is 3.19. The fraction of sp³-hybridized carbons (Fsp3) is 0.400. The summed E-state index contributed by atoms with van der Waals surface area (Å²) < 4.78 is 36.5. The maximum Gasteiger partial charge on any atom is 0.393 e. The van der Waals surface area contributed by atoms with Gasteiger partial charge in [0.2, 0.25) is 0 Å².